The van der Waals surface area contributed by atoms with Crippen LogP contribution in [0.5, 0.6) is 0 Å². The quantitative estimate of drug-likeness (QED) is 0.605. The zero-order valence-electron chi connectivity index (χ0n) is 14.6. The molecule has 1 unspecified atom stereocenters. The normalized spacial score (nSPS) is 19.4. The number of para-hydroxylation sites is 1. The molecule has 0 saturated carbocycles. The molecule has 26 heavy (non-hydrogen) atoms. The molecular weight excluding hydrogens is 340 g/mol. The van der Waals surface area contributed by atoms with Gasteiger partial charge in [-0.15, -0.1) is 0 Å². The minimum Gasteiger partial charge on any atom is -0.341 e. The van der Waals surface area contributed by atoms with E-state index in [4.69, 9.17) is 9.84 Å². The molecule has 0 aliphatic carbocycles. The number of benzene rings is 3. The van der Waals surface area contributed by atoms with Crippen molar-refractivity contribution in [2.45, 2.75) is 12.0 Å². The second kappa shape index (κ2) is 7.36. The van der Waals surface area contributed by atoms with Crippen LogP contribution in [-0.2, 0) is 9.79 Å². The van der Waals surface area contributed by atoms with Gasteiger partial charge in [0.15, 0.2) is 0 Å². The van der Waals surface area contributed by atoms with Gasteiger partial charge in [-0.25, -0.2) is 5.01 Å². The molecule has 1 atom stereocenters. The number of ether oxygens (including phenoxy) is 1. The largest absolute Gasteiger partial charge is 0.341 e. The molecule has 0 bridgehead atoms. The lowest BCUT2D eigenvalue weighted by molar-refractivity contribution is 0.0320. The van der Waals surface area contributed by atoms with Crippen molar-refractivity contribution < 1.29 is 4.74 Å². The summed E-state index contributed by atoms with van der Waals surface area (Å²) in [6.07, 6.45) is 0. The Bertz CT molecular complexity index is 884. The van der Waals surface area contributed by atoms with E-state index in [9.17, 15) is 0 Å². The second-order valence-corrected chi connectivity index (χ2v) is 7.05. The smallest absolute Gasteiger partial charge is 0.242 e. The van der Waals surface area contributed by atoms with Crippen molar-refractivity contribution in [2.24, 2.45) is 5.10 Å². The topological polar surface area (TPSA) is 24.8 Å². The van der Waals surface area contributed by atoms with Crippen LogP contribution in [0.25, 0.3) is 0 Å². The molecular formula is C22H20N2OS. The summed E-state index contributed by atoms with van der Waals surface area (Å²) in [5.74, 6) is 0. The maximum Gasteiger partial charge on any atom is 0.242 e. The van der Waals surface area contributed by atoms with Crippen molar-refractivity contribution in [3.63, 3.8) is 0 Å². The van der Waals surface area contributed by atoms with Crippen LogP contribution in [0.3, 0.4) is 0 Å². The summed E-state index contributed by atoms with van der Waals surface area (Å²) in [4.78, 5) is 0. The standard InChI is InChI=1S/C22H20N2OS/c1-2-25-22(19-14-8-4-9-15-19)24(20-16-10-5-11-17-20)23-21(26-22)18-12-6-3-7-13-18/h3-17H,2H2,1H3. The fraction of sp³-hybridized carbons (Fsp3) is 0.136. The van der Waals surface area contributed by atoms with E-state index >= 15 is 0 Å². The van der Waals surface area contributed by atoms with E-state index in [0.717, 1.165) is 21.9 Å². The average molecular weight is 360 g/mol. The first-order chi connectivity index (χ1) is 12.8. The number of nitrogens with zero attached hydrogens (tertiary/aromatic N) is 2. The Labute approximate surface area is 158 Å². The monoisotopic (exact) mass is 360 g/mol. The number of hydrogen-bond acceptors (Lipinski definition) is 4. The first kappa shape index (κ1) is 16.9. The van der Waals surface area contributed by atoms with Gasteiger partial charge in [-0.2, -0.15) is 5.10 Å². The van der Waals surface area contributed by atoms with Gasteiger partial charge in [0.2, 0.25) is 5.06 Å². The molecule has 3 aromatic carbocycles. The highest BCUT2D eigenvalue weighted by Crippen LogP contribution is 2.49. The zero-order valence-corrected chi connectivity index (χ0v) is 15.4. The Morgan fingerprint density at radius 1 is 0.846 bits per heavy atom. The SMILES string of the molecule is CCOC1(c2ccccc2)SC(c2ccccc2)=NN1c1ccccc1. The van der Waals surface area contributed by atoms with Crippen LogP contribution in [0.2, 0.25) is 0 Å². The van der Waals surface area contributed by atoms with E-state index < -0.39 is 5.06 Å². The number of anilines is 1. The van der Waals surface area contributed by atoms with E-state index in [1.807, 2.05) is 66.5 Å². The molecule has 0 N–H and O–H groups in total. The van der Waals surface area contributed by atoms with Crippen molar-refractivity contribution >= 4 is 22.5 Å². The molecule has 1 aliphatic heterocycles. The predicted molar refractivity (Wildman–Crippen MR) is 109 cm³/mol. The first-order valence-electron chi connectivity index (χ1n) is 8.71. The van der Waals surface area contributed by atoms with Crippen LogP contribution in [0.1, 0.15) is 18.1 Å². The summed E-state index contributed by atoms with van der Waals surface area (Å²) in [6, 6.07) is 30.8. The van der Waals surface area contributed by atoms with E-state index in [1.54, 1.807) is 11.8 Å². The summed E-state index contributed by atoms with van der Waals surface area (Å²) in [5, 5.41) is 7.19. The van der Waals surface area contributed by atoms with Crippen molar-refractivity contribution in [1.82, 2.24) is 0 Å². The average Bonchev–Trinajstić information content (AvgIpc) is 3.11. The highest BCUT2D eigenvalue weighted by Gasteiger charge is 2.47. The lowest BCUT2D eigenvalue weighted by Crippen LogP contribution is -2.40. The highest BCUT2D eigenvalue weighted by atomic mass is 32.2. The van der Waals surface area contributed by atoms with Gasteiger partial charge in [-0.3, -0.25) is 0 Å². The third-order valence-corrected chi connectivity index (χ3v) is 5.52. The summed E-state index contributed by atoms with van der Waals surface area (Å²) >= 11 is 1.65. The van der Waals surface area contributed by atoms with Gasteiger partial charge in [-0.1, -0.05) is 78.9 Å². The number of thioether (sulfide) groups is 1. The Hall–Kier alpha value is -2.56. The maximum atomic E-state index is 6.37. The lowest BCUT2D eigenvalue weighted by atomic mass is 10.1. The Balaban J connectivity index is 1.86. The third-order valence-electron chi connectivity index (χ3n) is 4.20. The minimum atomic E-state index is -0.720. The van der Waals surface area contributed by atoms with Crippen LogP contribution in [0, 0.1) is 0 Å². The van der Waals surface area contributed by atoms with Crippen LogP contribution >= 0.6 is 11.8 Å². The van der Waals surface area contributed by atoms with Gasteiger partial charge in [0.05, 0.1) is 5.69 Å². The summed E-state index contributed by atoms with van der Waals surface area (Å²) in [6.45, 7) is 2.61. The molecule has 4 rings (SSSR count). The van der Waals surface area contributed by atoms with Gasteiger partial charge in [0.1, 0.15) is 5.04 Å². The molecule has 0 spiro atoms. The van der Waals surface area contributed by atoms with Gasteiger partial charge in [0, 0.05) is 17.7 Å². The van der Waals surface area contributed by atoms with E-state index in [2.05, 4.69) is 36.4 Å². The number of rotatable bonds is 5. The van der Waals surface area contributed by atoms with Crippen LogP contribution in [-0.4, -0.2) is 11.7 Å². The van der Waals surface area contributed by atoms with Crippen molar-refractivity contribution in [1.29, 1.82) is 0 Å². The summed E-state index contributed by atoms with van der Waals surface area (Å²) < 4.78 is 6.37. The van der Waals surface area contributed by atoms with Gasteiger partial charge in [-0.05, 0) is 30.8 Å². The summed E-state index contributed by atoms with van der Waals surface area (Å²) in [5.41, 5.74) is 3.17. The van der Waals surface area contributed by atoms with Crippen LogP contribution in [0.15, 0.2) is 96.1 Å². The second-order valence-electron chi connectivity index (χ2n) is 5.90. The number of hydrogen-bond donors (Lipinski definition) is 0. The van der Waals surface area contributed by atoms with Gasteiger partial charge < -0.3 is 4.74 Å². The van der Waals surface area contributed by atoms with E-state index in [0.29, 0.717) is 6.61 Å². The molecule has 0 amide bonds. The molecule has 0 fully saturated rings. The molecule has 3 aromatic rings. The van der Waals surface area contributed by atoms with Gasteiger partial charge in [0.25, 0.3) is 0 Å². The molecule has 0 aromatic heterocycles. The van der Waals surface area contributed by atoms with Crippen LogP contribution < -0.4 is 5.01 Å². The maximum absolute atomic E-state index is 6.37. The lowest BCUT2D eigenvalue weighted by Gasteiger charge is -2.36. The first-order valence-corrected chi connectivity index (χ1v) is 9.53. The van der Waals surface area contributed by atoms with Crippen molar-refractivity contribution in [3.05, 3.63) is 102 Å². The van der Waals surface area contributed by atoms with Crippen LogP contribution in [0.4, 0.5) is 5.69 Å². The fourth-order valence-electron chi connectivity index (χ4n) is 3.05. The predicted octanol–water partition coefficient (Wildman–Crippen LogP) is 5.45. The molecule has 0 radical (unpaired) electrons. The number of hydrazone groups is 1. The highest BCUT2D eigenvalue weighted by molar-refractivity contribution is 8.15. The zero-order chi connectivity index (χ0) is 17.8. The molecule has 130 valence electrons. The Morgan fingerprint density at radius 3 is 2.04 bits per heavy atom. The molecule has 4 heteroatoms. The van der Waals surface area contributed by atoms with E-state index in [-0.39, 0.29) is 0 Å². The molecule has 3 nitrogen and oxygen atoms in total. The molecule has 1 aliphatic rings. The molecule has 1 heterocycles. The van der Waals surface area contributed by atoms with Gasteiger partial charge >= 0.3 is 0 Å². The summed E-state index contributed by atoms with van der Waals surface area (Å²) in [7, 11) is 0. The van der Waals surface area contributed by atoms with E-state index in [1.165, 1.54) is 0 Å². The van der Waals surface area contributed by atoms with Crippen molar-refractivity contribution in [3.8, 4) is 0 Å². The minimum absolute atomic E-state index is 0.586. The molecule has 0 saturated heterocycles. The van der Waals surface area contributed by atoms with Crippen molar-refractivity contribution in [2.75, 3.05) is 11.6 Å². The Morgan fingerprint density at radius 2 is 1.42 bits per heavy atom. The fourth-order valence-corrected chi connectivity index (χ4v) is 4.35. The Kier molecular flexibility index (Phi) is 4.78. The third kappa shape index (κ3) is 3.02.